The van der Waals surface area contributed by atoms with Crippen LogP contribution in [0.25, 0.3) is 0 Å². The molecule has 0 aromatic rings. The van der Waals surface area contributed by atoms with Crippen LogP contribution in [0.5, 0.6) is 0 Å². The summed E-state index contributed by atoms with van der Waals surface area (Å²) in [5, 5.41) is 1.18. The molecular weight excluding hydrogens is 214 g/mol. The molecule has 0 amide bonds. The van der Waals surface area contributed by atoms with Crippen molar-refractivity contribution in [2.24, 2.45) is 5.92 Å². The molecule has 0 bridgehead atoms. The highest BCUT2D eigenvalue weighted by Crippen LogP contribution is 2.15. The largest absolute Gasteiger partial charge is 0.303 e. The van der Waals surface area contributed by atoms with E-state index in [0.717, 1.165) is 5.92 Å². The van der Waals surface area contributed by atoms with Gasteiger partial charge in [0.1, 0.15) is 0 Å². The molecule has 0 aromatic heterocycles. The minimum Gasteiger partial charge on any atom is -0.303 e. The van der Waals surface area contributed by atoms with Crippen molar-refractivity contribution in [1.29, 1.82) is 0 Å². The summed E-state index contributed by atoms with van der Waals surface area (Å²) in [5.74, 6) is 0.882. The van der Waals surface area contributed by atoms with Crippen molar-refractivity contribution in [3.05, 3.63) is 0 Å². The van der Waals surface area contributed by atoms with Gasteiger partial charge in [-0.05, 0) is 38.3 Å². The lowest BCUT2D eigenvalue weighted by molar-refractivity contribution is 0.282. The predicted octanol–water partition coefficient (Wildman–Crippen LogP) is 2.89. The van der Waals surface area contributed by atoms with Gasteiger partial charge in [-0.15, -0.1) is 0 Å². The van der Waals surface area contributed by atoms with E-state index < -0.39 is 0 Å². The van der Waals surface area contributed by atoms with E-state index in [2.05, 4.69) is 27.8 Å². The zero-order valence-electron chi connectivity index (χ0n) is 8.06. The molecule has 0 radical (unpaired) electrons. The number of rotatable bonds is 5. The molecule has 1 saturated heterocycles. The summed E-state index contributed by atoms with van der Waals surface area (Å²) in [7, 11) is 0. The topological polar surface area (TPSA) is 3.24 Å². The Morgan fingerprint density at radius 1 is 1.33 bits per heavy atom. The summed E-state index contributed by atoms with van der Waals surface area (Å²) in [6, 6.07) is 0. The van der Waals surface area contributed by atoms with Gasteiger partial charge in [-0.25, -0.2) is 0 Å². The first-order valence-corrected chi connectivity index (χ1v) is 6.27. The fourth-order valence-corrected chi connectivity index (χ4v) is 2.48. The van der Waals surface area contributed by atoms with Crippen LogP contribution < -0.4 is 0 Å². The van der Waals surface area contributed by atoms with Gasteiger partial charge in [0.25, 0.3) is 0 Å². The molecule has 0 N–H and O–H groups in total. The number of likely N-dealkylation sites (tertiary alicyclic amines) is 1. The Morgan fingerprint density at radius 2 is 2.00 bits per heavy atom. The number of alkyl halides is 1. The van der Waals surface area contributed by atoms with E-state index in [0.29, 0.717) is 0 Å². The molecule has 72 valence electrons. The van der Waals surface area contributed by atoms with Crippen molar-refractivity contribution in [3.63, 3.8) is 0 Å². The zero-order valence-corrected chi connectivity index (χ0v) is 9.65. The fourth-order valence-electron chi connectivity index (χ4n) is 1.96. The van der Waals surface area contributed by atoms with E-state index in [1.807, 2.05) is 0 Å². The van der Waals surface area contributed by atoms with Crippen LogP contribution in [-0.4, -0.2) is 29.9 Å². The monoisotopic (exact) mass is 233 g/mol. The summed E-state index contributed by atoms with van der Waals surface area (Å²) in [5.41, 5.74) is 0. The predicted molar refractivity (Wildman–Crippen MR) is 57.9 cm³/mol. The highest BCUT2D eigenvalue weighted by atomic mass is 79.9. The van der Waals surface area contributed by atoms with Gasteiger partial charge in [0.15, 0.2) is 0 Å². The maximum Gasteiger partial charge on any atom is 0.00718 e. The van der Waals surface area contributed by atoms with Crippen molar-refractivity contribution in [3.8, 4) is 0 Å². The van der Waals surface area contributed by atoms with Crippen LogP contribution in [0.2, 0.25) is 0 Å². The van der Waals surface area contributed by atoms with E-state index in [4.69, 9.17) is 0 Å². The van der Waals surface area contributed by atoms with Crippen molar-refractivity contribution < 1.29 is 0 Å². The standard InChI is InChI=1S/C10H20BrN/c1-2-5-10(8-11)9-12-6-3-4-7-12/h10H,2-9H2,1H3. The third-order valence-electron chi connectivity index (χ3n) is 2.63. The lowest BCUT2D eigenvalue weighted by Crippen LogP contribution is -2.27. The van der Waals surface area contributed by atoms with E-state index in [-0.39, 0.29) is 0 Å². The molecule has 1 rings (SSSR count). The average Bonchev–Trinajstić information content (AvgIpc) is 2.56. The number of nitrogens with zero attached hydrogens (tertiary/aromatic N) is 1. The number of hydrogen-bond acceptors (Lipinski definition) is 1. The molecule has 1 heterocycles. The Balaban J connectivity index is 2.16. The highest BCUT2D eigenvalue weighted by molar-refractivity contribution is 9.09. The van der Waals surface area contributed by atoms with Crippen LogP contribution in [-0.2, 0) is 0 Å². The van der Waals surface area contributed by atoms with E-state index >= 15 is 0 Å². The van der Waals surface area contributed by atoms with Gasteiger partial charge in [-0.3, -0.25) is 0 Å². The number of halogens is 1. The van der Waals surface area contributed by atoms with Crippen molar-refractivity contribution in [2.45, 2.75) is 32.6 Å². The van der Waals surface area contributed by atoms with Gasteiger partial charge >= 0.3 is 0 Å². The first-order valence-electron chi connectivity index (χ1n) is 5.15. The minimum atomic E-state index is 0.882. The molecule has 0 spiro atoms. The molecule has 1 atom stereocenters. The first-order chi connectivity index (χ1) is 5.86. The molecule has 0 aliphatic carbocycles. The van der Waals surface area contributed by atoms with Crippen LogP contribution in [0.3, 0.4) is 0 Å². The maximum atomic E-state index is 3.60. The maximum absolute atomic E-state index is 3.60. The summed E-state index contributed by atoms with van der Waals surface area (Å²) in [6.07, 6.45) is 5.54. The normalized spacial score (nSPS) is 21.5. The molecule has 1 nitrogen and oxygen atoms in total. The summed E-state index contributed by atoms with van der Waals surface area (Å²) in [6.45, 7) is 6.28. The molecule has 0 aromatic carbocycles. The Labute approximate surface area is 84.6 Å². The Bertz CT molecular complexity index is 110. The number of hydrogen-bond donors (Lipinski definition) is 0. The molecule has 1 fully saturated rings. The summed E-state index contributed by atoms with van der Waals surface area (Å²) >= 11 is 3.60. The lowest BCUT2D eigenvalue weighted by atomic mass is 10.1. The van der Waals surface area contributed by atoms with E-state index in [1.54, 1.807) is 0 Å². The third kappa shape index (κ3) is 3.44. The van der Waals surface area contributed by atoms with E-state index in [1.165, 1.54) is 50.6 Å². The van der Waals surface area contributed by atoms with Crippen LogP contribution >= 0.6 is 15.9 Å². The van der Waals surface area contributed by atoms with Gasteiger partial charge in [0, 0.05) is 11.9 Å². The van der Waals surface area contributed by atoms with Crippen molar-refractivity contribution in [2.75, 3.05) is 25.0 Å². The quantitative estimate of drug-likeness (QED) is 0.661. The van der Waals surface area contributed by atoms with E-state index in [9.17, 15) is 0 Å². The Kier molecular flexibility index (Phi) is 5.24. The highest BCUT2D eigenvalue weighted by Gasteiger charge is 2.15. The minimum absolute atomic E-state index is 0.882. The fraction of sp³-hybridized carbons (Fsp3) is 1.00. The van der Waals surface area contributed by atoms with Crippen LogP contribution in [0.4, 0.5) is 0 Å². The lowest BCUT2D eigenvalue weighted by Gasteiger charge is -2.21. The molecule has 12 heavy (non-hydrogen) atoms. The molecule has 1 aliphatic rings. The first kappa shape index (κ1) is 10.5. The second kappa shape index (κ2) is 5.98. The smallest absolute Gasteiger partial charge is 0.00718 e. The second-order valence-corrected chi connectivity index (χ2v) is 4.46. The SMILES string of the molecule is CCCC(CBr)CN1CCCC1. The van der Waals surface area contributed by atoms with Gasteiger partial charge in [0.05, 0.1) is 0 Å². The summed E-state index contributed by atoms with van der Waals surface area (Å²) in [4.78, 5) is 2.61. The van der Waals surface area contributed by atoms with Crippen molar-refractivity contribution >= 4 is 15.9 Å². The molecule has 1 unspecified atom stereocenters. The molecule has 1 aliphatic heterocycles. The van der Waals surface area contributed by atoms with Gasteiger partial charge in [-0.1, -0.05) is 29.3 Å². The average molecular weight is 234 g/mol. The molecular formula is C10H20BrN. The van der Waals surface area contributed by atoms with Gasteiger partial charge in [-0.2, -0.15) is 0 Å². The Morgan fingerprint density at radius 3 is 2.50 bits per heavy atom. The third-order valence-corrected chi connectivity index (χ3v) is 3.55. The second-order valence-electron chi connectivity index (χ2n) is 3.82. The van der Waals surface area contributed by atoms with Crippen molar-refractivity contribution in [1.82, 2.24) is 4.90 Å². The summed E-state index contributed by atoms with van der Waals surface area (Å²) < 4.78 is 0. The Hall–Kier alpha value is 0.440. The van der Waals surface area contributed by atoms with Gasteiger partial charge < -0.3 is 4.90 Å². The van der Waals surface area contributed by atoms with Crippen LogP contribution in [0, 0.1) is 5.92 Å². The van der Waals surface area contributed by atoms with Gasteiger partial charge in [0.2, 0.25) is 0 Å². The van der Waals surface area contributed by atoms with Crippen LogP contribution in [0.1, 0.15) is 32.6 Å². The molecule has 0 saturated carbocycles. The zero-order chi connectivity index (χ0) is 8.81. The molecule has 2 heteroatoms. The van der Waals surface area contributed by atoms with Crippen LogP contribution in [0.15, 0.2) is 0 Å².